The molecule has 4 aliphatic rings. The molecule has 7 aromatic rings. The Morgan fingerprint density at radius 2 is 1.17 bits per heavy atom. The molecule has 11 rings (SSSR count). The van der Waals surface area contributed by atoms with Crippen LogP contribution in [0.4, 0.5) is 11.4 Å². The molecule has 0 radical (unpaired) electrons. The van der Waals surface area contributed by atoms with Crippen LogP contribution in [0.25, 0.3) is 44.7 Å². The number of pyridine rings is 1. The van der Waals surface area contributed by atoms with E-state index in [2.05, 4.69) is 188 Å². The molecule has 0 fully saturated rings. The van der Waals surface area contributed by atoms with E-state index in [0.29, 0.717) is 4.59 Å². The third-order valence-corrected chi connectivity index (χ3v) is 12.4. The molecule has 2 spiro atoms. The summed E-state index contributed by atoms with van der Waals surface area (Å²) in [5.74, 6) is 0. The number of nitrogens with zero attached hydrogens (tertiary/aromatic N) is 2. The predicted molar refractivity (Wildman–Crippen MR) is 218 cm³/mol. The molecule has 0 bridgehead atoms. The van der Waals surface area contributed by atoms with Gasteiger partial charge >= 0.3 is 0 Å². The Morgan fingerprint density at radius 1 is 0.604 bits per heavy atom. The minimum absolute atomic E-state index is 0.490. The molecule has 0 saturated heterocycles. The van der Waals surface area contributed by atoms with E-state index in [4.69, 9.17) is 6.58 Å². The third kappa shape index (κ3) is 3.83. The lowest BCUT2D eigenvalue weighted by atomic mass is 9.63. The van der Waals surface area contributed by atoms with E-state index < -0.39 is 5.41 Å². The maximum absolute atomic E-state index is 4.85. The number of hydrogen-bond acceptors (Lipinski definition) is 0. The Kier molecular flexibility index (Phi) is 6.33. The highest BCUT2D eigenvalue weighted by Gasteiger charge is 2.66. The summed E-state index contributed by atoms with van der Waals surface area (Å²) in [5.41, 5.74) is 21.4. The minimum Gasteiger partial charge on any atom is -0.0950 e. The Bertz CT molecular complexity index is 2700. The molecular formula is C51H38N2+2. The first-order chi connectivity index (χ1) is 26.2. The van der Waals surface area contributed by atoms with Gasteiger partial charge in [0.2, 0.25) is 17.6 Å². The highest BCUT2D eigenvalue weighted by Crippen LogP contribution is 2.67. The van der Waals surface area contributed by atoms with Gasteiger partial charge in [-0.15, -0.1) is 0 Å². The van der Waals surface area contributed by atoms with Crippen molar-refractivity contribution in [2.45, 2.75) is 18.8 Å². The number of allylic oxidation sites excluding steroid dienone is 4. The van der Waals surface area contributed by atoms with Crippen LogP contribution in [0, 0.1) is 0 Å². The van der Waals surface area contributed by atoms with Crippen molar-refractivity contribution in [1.82, 2.24) is 4.59 Å². The number of fused-ring (bicyclic) bond motifs is 9. The lowest BCUT2D eigenvalue weighted by molar-refractivity contribution is -0.780. The van der Waals surface area contributed by atoms with Crippen molar-refractivity contribution in [2.75, 3.05) is 6.54 Å². The number of hydrogen-bond donors (Lipinski definition) is 0. The fraction of sp³-hybridized carbons (Fsp3) is 0.0784. The van der Waals surface area contributed by atoms with Crippen LogP contribution in [-0.4, -0.2) is 6.54 Å². The molecule has 3 aliphatic heterocycles. The Morgan fingerprint density at radius 3 is 1.85 bits per heavy atom. The molecule has 6 aromatic carbocycles. The SMILES string of the molecule is C=C1CC[N+]23c4c(cccc4C4(c5ccccc5-c5ccccc54)c4cccc(c42)-c2cc(-c4ccccc4)cc[n+]23)/C1=C/C(=C\C)c1ccccc1. The van der Waals surface area contributed by atoms with E-state index in [9.17, 15) is 0 Å². The summed E-state index contributed by atoms with van der Waals surface area (Å²) in [6.45, 7) is 7.86. The van der Waals surface area contributed by atoms with Crippen LogP contribution in [0.2, 0.25) is 0 Å². The van der Waals surface area contributed by atoms with Crippen molar-refractivity contribution in [3.8, 4) is 33.5 Å². The average Bonchev–Trinajstić information content (AvgIpc) is 3.64. The van der Waals surface area contributed by atoms with Crippen LogP contribution in [0.5, 0.6) is 0 Å². The van der Waals surface area contributed by atoms with Gasteiger partial charge in [-0.3, -0.25) is 0 Å². The Hall–Kier alpha value is -6.35. The third-order valence-electron chi connectivity index (χ3n) is 12.4. The molecule has 2 heteroatoms. The van der Waals surface area contributed by atoms with Crippen molar-refractivity contribution in [3.63, 3.8) is 0 Å². The molecule has 0 amide bonds. The minimum atomic E-state index is -0.490. The predicted octanol–water partition coefficient (Wildman–Crippen LogP) is 11.8. The topological polar surface area (TPSA) is 3.88 Å². The fourth-order valence-corrected chi connectivity index (χ4v) is 10.3. The summed E-state index contributed by atoms with van der Waals surface area (Å²) in [6.07, 6.45) is 7.85. The van der Waals surface area contributed by atoms with E-state index >= 15 is 0 Å². The molecule has 2 nitrogen and oxygen atoms in total. The summed E-state index contributed by atoms with van der Waals surface area (Å²) in [4.78, 5) is 0. The van der Waals surface area contributed by atoms with Gasteiger partial charge in [0.25, 0.3) is 5.69 Å². The Balaban J connectivity index is 1.30. The molecule has 1 atom stereocenters. The van der Waals surface area contributed by atoms with Crippen LogP contribution < -0.4 is 9.27 Å². The summed E-state index contributed by atoms with van der Waals surface area (Å²) in [7, 11) is 0. The van der Waals surface area contributed by atoms with Crippen molar-refractivity contribution >= 4 is 22.5 Å². The lowest BCUT2D eigenvalue weighted by Crippen LogP contribution is -2.69. The van der Waals surface area contributed by atoms with Crippen LogP contribution in [-0.2, 0) is 5.41 Å². The average molecular weight is 679 g/mol. The number of para-hydroxylation sites is 2. The molecule has 0 N–H and O–H groups in total. The van der Waals surface area contributed by atoms with Crippen LogP contribution >= 0.6 is 0 Å². The van der Waals surface area contributed by atoms with E-state index in [0.717, 1.165) is 13.0 Å². The summed E-state index contributed by atoms with van der Waals surface area (Å²) in [6, 6.07) is 58.8. The molecule has 250 valence electrons. The number of quaternary nitrogens is 1. The first kappa shape index (κ1) is 30.3. The zero-order valence-corrected chi connectivity index (χ0v) is 29.8. The van der Waals surface area contributed by atoms with E-state index in [-0.39, 0.29) is 0 Å². The van der Waals surface area contributed by atoms with Crippen molar-refractivity contribution in [2.24, 2.45) is 0 Å². The normalized spacial score (nSPS) is 18.9. The molecule has 4 heterocycles. The van der Waals surface area contributed by atoms with Gasteiger partial charge in [0.15, 0.2) is 0 Å². The molecule has 1 aromatic heterocycles. The standard InChI is InChI=1S/C51H38N2/c1-3-35(36-16-6-4-7-17-36)32-43-34(2)29-31-53-49-41(43)22-14-26-46(49)51(44-24-12-10-20-39(44)40-21-11-13-25-45(40)51)47-27-15-23-42(50(47)53)48-33-38(28-30-52(48)53)37-18-8-5-9-19-37/h3-28,30,32-33H,2,29,31H2,1H3/q+2/b35-3+,43-32+. The molecule has 0 saturated carbocycles. The Labute approximate surface area is 311 Å². The lowest BCUT2D eigenvalue weighted by Gasteiger charge is -2.43. The smallest absolute Gasteiger partial charge is 0.0950 e. The van der Waals surface area contributed by atoms with Gasteiger partial charge in [-0.2, -0.15) is 0 Å². The monoisotopic (exact) mass is 678 g/mol. The second-order valence-electron chi connectivity index (χ2n) is 14.8. The molecular weight excluding hydrogens is 641 g/mol. The first-order valence-electron chi connectivity index (χ1n) is 18.8. The number of benzene rings is 6. The second kappa shape index (κ2) is 11.1. The first-order valence-corrected chi connectivity index (χ1v) is 18.8. The molecule has 1 unspecified atom stereocenters. The summed E-state index contributed by atoms with van der Waals surface area (Å²) < 4.78 is 3.19. The van der Waals surface area contributed by atoms with E-state index in [1.165, 1.54) is 95.0 Å². The van der Waals surface area contributed by atoms with Gasteiger partial charge in [0.1, 0.15) is 12.1 Å². The van der Waals surface area contributed by atoms with Crippen molar-refractivity contribution < 1.29 is 4.68 Å². The van der Waals surface area contributed by atoms with Crippen LogP contribution in [0.15, 0.2) is 188 Å². The number of aromatic nitrogens is 1. The maximum Gasteiger partial charge on any atom is 0.280 e. The zero-order valence-electron chi connectivity index (χ0n) is 29.8. The van der Waals surface area contributed by atoms with Crippen LogP contribution in [0.1, 0.15) is 46.7 Å². The summed E-state index contributed by atoms with van der Waals surface area (Å²) >= 11 is 0. The fourth-order valence-electron chi connectivity index (χ4n) is 10.3. The van der Waals surface area contributed by atoms with Gasteiger partial charge in [-0.1, -0.05) is 146 Å². The highest BCUT2D eigenvalue weighted by molar-refractivity contribution is 6.01. The quantitative estimate of drug-likeness (QED) is 0.129. The van der Waals surface area contributed by atoms with Gasteiger partial charge in [-0.25, -0.2) is 0 Å². The van der Waals surface area contributed by atoms with E-state index in [1.54, 1.807) is 0 Å². The summed E-state index contributed by atoms with van der Waals surface area (Å²) in [5, 5.41) is 0. The maximum atomic E-state index is 4.85. The second-order valence-corrected chi connectivity index (χ2v) is 14.8. The van der Waals surface area contributed by atoms with Gasteiger partial charge < -0.3 is 0 Å². The largest absolute Gasteiger partial charge is 0.280 e. The van der Waals surface area contributed by atoms with Gasteiger partial charge in [0.05, 0.1) is 5.41 Å². The number of rotatable bonds is 3. The van der Waals surface area contributed by atoms with Crippen molar-refractivity contribution in [1.29, 1.82) is 0 Å². The highest BCUT2D eigenvalue weighted by atomic mass is 15.7. The molecule has 53 heavy (non-hydrogen) atoms. The van der Waals surface area contributed by atoms with Gasteiger partial charge in [0, 0.05) is 35.2 Å². The van der Waals surface area contributed by atoms with Gasteiger partial charge in [-0.05, 0) is 90.1 Å². The molecule has 1 aliphatic carbocycles. The van der Waals surface area contributed by atoms with Crippen LogP contribution in [0.3, 0.4) is 0 Å². The van der Waals surface area contributed by atoms with E-state index in [1.807, 2.05) is 0 Å². The zero-order chi connectivity index (χ0) is 35.3. The van der Waals surface area contributed by atoms with Crippen molar-refractivity contribution in [3.05, 3.63) is 222 Å².